The van der Waals surface area contributed by atoms with Crippen LogP contribution in [0.3, 0.4) is 0 Å². The highest BCUT2D eigenvalue weighted by atomic mass is 79.9. The molecule has 0 atom stereocenters. The van der Waals surface area contributed by atoms with Crippen LogP contribution in [0.25, 0.3) is 21.0 Å². The number of carbonyl (C=O) groups is 1. The van der Waals surface area contributed by atoms with Crippen LogP contribution in [0, 0.1) is 0 Å². The topological polar surface area (TPSA) is 42.2 Å². The third-order valence-corrected chi connectivity index (χ3v) is 6.80. The number of aromatic nitrogens is 1. The highest BCUT2D eigenvalue weighted by molar-refractivity contribution is 9.10. The molecule has 26 heavy (non-hydrogen) atoms. The van der Waals surface area contributed by atoms with Gasteiger partial charge in [-0.3, -0.25) is 4.79 Å². The predicted octanol–water partition coefficient (Wildman–Crippen LogP) is 6.60. The van der Waals surface area contributed by atoms with Gasteiger partial charge in [-0.1, -0.05) is 51.3 Å². The van der Waals surface area contributed by atoms with Crippen LogP contribution in [-0.2, 0) is 17.8 Å². The molecule has 4 rings (SSSR count). The van der Waals surface area contributed by atoms with Gasteiger partial charge in [0.1, 0.15) is 0 Å². The third-order valence-electron chi connectivity index (χ3n) is 4.32. The van der Waals surface area contributed by atoms with Crippen molar-refractivity contribution in [2.75, 3.05) is 0 Å². The summed E-state index contributed by atoms with van der Waals surface area (Å²) in [6.07, 6.45) is 1.92. The van der Waals surface area contributed by atoms with Crippen molar-refractivity contribution in [2.24, 2.45) is 0 Å². The Balaban J connectivity index is 1.84. The van der Waals surface area contributed by atoms with Crippen molar-refractivity contribution in [3.8, 4) is 0 Å². The summed E-state index contributed by atoms with van der Waals surface area (Å²) in [5.41, 5.74) is 2.93. The van der Waals surface area contributed by atoms with E-state index in [-0.39, 0.29) is 6.42 Å². The van der Waals surface area contributed by atoms with Crippen LogP contribution in [-0.4, -0.2) is 15.6 Å². The van der Waals surface area contributed by atoms with Gasteiger partial charge in [0.15, 0.2) is 0 Å². The van der Waals surface area contributed by atoms with Crippen molar-refractivity contribution in [3.05, 3.63) is 67.6 Å². The molecule has 0 saturated carbocycles. The van der Waals surface area contributed by atoms with E-state index < -0.39 is 5.97 Å². The average molecular weight is 469 g/mol. The van der Waals surface area contributed by atoms with E-state index in [1.165, 1.54) is 0 Å². The Labute approximate surface area is 171 Å². The maximum Gasteiger partial charge on any atom is 0.307 e. The summed E-state index contributed by atoms with van der Waals surface area (Å²) in [6, 6.07) is 9.69. The molecule has 2 aromatic carbocycles. The summed E-state index contributed by atoms with van der Waals surface area (Å²) in [6.45, 7) is 0.629. The maximum absolute atomic E-state index is 11.2. The van der Waals surface area contributed by atoms with Crippen LogP contribution in [0.1, 0.15) is 11.1 Å². The highest BCUT2D eigenvalue weighted by Crippen LogP contribution is 2.37. The van der Waals surface area contributed by atoms with Crippen LogP contribution < -0.4 is 0 Å². The Kier molecular flexibility index (Phi) is 4.73. The van der Waals surface area contributed by atoms with E-state index in [0.29, 0.717) is 16.6 Å². The Bertz CT molecular complexity index is 1170. The van der Waals surface area contributed by atoms with E-state index in [2.05, 4.69) is 25.9 Å². The molecule has 132 valence electrons. The second-order valence-electron chi connectivity index (χ2n) is 6.01. The molecular weight excluding hydrogens is 457 g/mol. The lowest BCUT2D eigenvalue weighted by Gasteiger charge is -2.06. The summed E-state index contributed by atoms with van der Waals surface area (Å²) in [7, 11) is 0. The van der Waals surface area contributed by atoms with Gasteiger partial charge in [-0.25, -0.2) is 0 Å². The molecule has 1 N–H and O–H groups in total. The first-order valence-corrected chi connectivity index (χ1v) is 10.2. The lowest BCUT2D eigenvalue weighted by molar-refractivity contribution is -0.136. The summed E-state index contributed by atoms with van der Waals surface area (Å²) in [4.78, 5) is 11.2. The second-order valence-corrected chi connectivity index (χ2v) is 8.59. The van der Waals surface area contributed by atoms with Crippen molar-refractivity contribution in [3.63, 3.8) is 0 Å². The van der Waals surface area contributed by atoms with E-state index >= 15 is 0 Å². The van der Waals surface area contributed by atoms with Crippen LogP contribution in [0.2, 0.25) is 10.0 Å². The Morgan fingerprint density at radius 3 is 2.69 bits per heavy atom. The molecule has 0 aliphatic rings. The third kappa shape index (κ3) is 3.14. The summed E-state index contributed by atoms with van der Waals surface area (Å²) in [5, 5.41) is 14.4. The number of halogens is 3. The van der Waals surface area contributed by atoms with Crippen molar-refractivity contribution in [1.29, 1.82) is 0 Å². The Morgan fingerprint density at radius 1 is 1.15 bits per heavy atom. The number of rotatable bonds is 4. The van der Waals surface area contributed by atoms with Crippen LogP contribution in [0.5, 0.6) is 0 Å². The summed E-state index contributed by atoms with van der Waals surface area (Å²) in [5.74, 6) is -0.839. The average Bonchev–Trinajstić information content (AvgIpc) is 3.13. The van der Waals surface area contributed by atoms with E-state index in [4.69, 9.17) is 23.2 Å². The number of fused-ring (bicyclic) bond motifs is 2. The van der Waals surface area contributed by atoms with Gasteiger partial charge < -0.3 is 9.67 Å². The lowest BCUT2D eigenvalue weighted by Crippen LogP contribution is -2.00. The smallest absolute Gasteiger partial charge is 0.307 e. The molecule has 2 heterocycles. The van der Waals surface area contributed by atoms with Gasteiger partial charge in [-0.2, -0.15) is 0 Å². The summed E-state index contributed by atoms with van der Waals surface area (Å²) >= 11 is 17.5. The number of hydrogen-bond donors (Lipinski definition) is 1. The van der Waals surface area contributed by atoms with E-state index in [1.54, 1.807) is 11.3 Å². The zero-order valence-electron chi connectivity index (χ0n) is 13.3. The van der Waals surface area contributed by atoms with Gasteiger partial charge in [0, 0.05) is 28.1 Å². The van der Waals surface area contributed by atoms with Gasteiger partial charge >= 0.3 is 5.97 Å². The fourth-order valence-corrected chi connectivity index (χ4v) is 5.04. The van der Waals surface area contributed by atoms with Crippen molar-refractivity contribution >= 4 is 77.4 Å². The minimum atomic E-state index is -0.839. The molecule has 7 heteroatoms. The van der Waals surface area contributed by atoms with Gasteiger partial charge in [0.25, 0.3) is 0 Å². The molecule has 0 unspecified atom stereocenters. The number of carboxylic acids is 1. The van der Waals surface area contributed by atoms with E-state index in [1.807, 2.05) is 36.5 Å². The first kappa shape index (κ1) is 17.9. The quantitative estimate of drug-likeness (QED) is 0.366. The predicted molar refractivity (Wildman–Crippen MR) is 112 cm³/mol. The number of thiophene rings is 1. The van der Waals surface area contributed by atoms with Gasteiger partial charge in [0.05, 0.1) is 21.2 Å². The van der Waals surface area contributed by atoms with Gasteiger partial charge in [-0.15, -0.1) is 11.3 Å². The zero-order chi connectivity index (χ0) is 18.4. The molecule has 4 aromatic rings. The second kappa shape index (κ2) is 6.89. The molecule has 0 saturated heterocycles. The SMILES string of the molecule is O=C(O)Cc1cn(Cc2csc3c(Cl)c(Cl)ccc23)c2cc(Br)ccc12. The fraction of sp³-hybridized carbons (Fsp3) is 0.105. The minimum absolute atomic E-state index is 0.00302. The van der Waals surface area contributed by atoms with Crippen LogP contribution >= 0.6 is 50.5 Å². The molecule has 3 nitrogen and oxygen atoms in total. The monoisotopic (exact) mass is 467 g/mol. The molecule has 2 aromatic heterocycles. The van der Waals surface area contributed by atoms with Crippen molar-refractivity contribution in [1.82, 2.24) is 4.57 Å². The molecule has 0 aliphatic heterocycles. The highest BCUT2D eigenvalue weighted by Gasteiger charge is 2.15. The normalized spacial score (nSPS) is 11.5. The molecule has 0 spiro atoms. The van der Waals surface area contributed by atoms with Gasteiger partial charge in [-0.05, 0) is 40.1 Å². The number of hydrogen-bond acceptors (Lipinski definition) is 2. The first-order chi connectivity index (χ1) is 12.4. The number of benzene rings is 2. The number of aliphatic carboxylic acids is 1. The maximum atomic E-state index is 11.2. The number of nitrogens with zero attached hydrogens (tertiary/aromatic N) is 1. The molecule has 0 bridgehead atoms. The Morgan fingerprint density at radius 2 is 1.92 bits per heavy atom. The molecule has 0 amide bonds. The standard InChI is InChI=1S/C19H12BrCl2NO2S/c20-12-1-2-13-10(5-17(24)25)7-23(16(13)6-12)8-11-9-26-19-14(11)3-4-15(21)18(19)22/h1-4,6-7,9H,5,8H2,(H,24,25). The summed E-state index contributed by atoms with van der Waals surface area (Å²) < 4.78 is 4.01. The number of carboxylic acid groups (broad SMARTS) is 1. The van der Waals surface area contributed by atoms with Crippen molar-refractivity contribution < 1.29 is 9.90 Å². The van der Waals surface area contributed by atoms with Gasteiger partial charge in [0.2, 0.25) is 0 Å². The largest absolute Gasteiger partial charge is 0.481 e. The van der Waals surface area contributed by atoms with E-state index in [0.717, 1.165) is 36.6 Å². The van der Waals surface area contributed by atoms with E-state index in [9.17, 15) is 9.90 Å². The molecule has 0 radical (unpaired) electrons. The first-order valence-electron chi connectivity index (χ1n) is 7.77. The van der Waals surface area contributed by atoms with Crippen LogP contribution in [0.15, 0.2) is 46.4 Å². The fourth-order valence-electron chi connectivity index (χ4n) is 3.18. The van der Waals surface area contributed by atoms with Crippen molar-refractivity contribution in [2.45, 2.75) is 13.0 Å². The molecular formula is C19H12BrCl2NO2S. The zero-order valence-corrected chi connectivity index (χ0v) is 17.2. The molecule has 0 fully saturated rings. The minimum Gasteiger partial charge on any atom is -0.481 e. The molecule has 0 aliphatic carbocycles. The Hall–Kier alpha value is -1.53. The lowest BCUT2D eigenvalue weighted by atomic mass is 10.1. The van der Waals surface area contributed by atoms with Crippen LogP contribution in [0.4, 0.5) is 0 Å².